The topological polar surface area (TPSA) is 71.1 Å². The quantitative estimate of drug-likeness (QED) is 0.566. The highest BCUT2D eigenvalue weighted by Crippen LogP contribution is 2.38. The Balaban J connectivity index is 1.08. The van der Waals surface area contributed by atoms with E-state index in [0.29, 0.717) is 18.8 Å². The van der Waals surface area contributed by atoms with E-state index in [0.717, 1.165) is 74.7 Å². The molecule has 1 aliphatic heterocycles. The standard InChI is InChI=1S/C29H35N3O4/c33-28(21-9-14-26(15-10-21)36-25-7-4-8-25)32(23-11-12-23)24-13-16-27-22(17-24)18-31(30-27)29(34)35-19-20-5-2-1-3-6-20/h2,5-6,9-10,14-15,18,23-25,27,30H,1,3-4,7-8,11-13,16-17,19H2. The molecule has 2 amide bonds. The minimum absolute atomic E-state index is 0.104. The lowest BCUT2D eigenvalue weighted by molar-refractivity contribution is 0.0626. The monoisotopic (exact) mass is 489 g/mol. The van der Waals surface area contributed by atoms with Crippen LogP contribution in [0, 0.1) is 0 Å². The van der Waals surface area contributed by atoms with E-state index >= 15 is 0 Å². The van der Waals surface area contributed by atoms with E-state index in [1.165, 1.54) is 17.0 Å². The third-order valence-electron chi connectivity index (χ3n) is 7.95. The normalized spacial score (nSPS) is 25.4. The summed E-state index contributed by atoms with van der Waals surface area (Å²) in [6, 6.07) is 8.26. The van der Waals surface area contributed by atoms with Crippen LogP contribution in [0.2, 0.25) is 0 Å². The van der Waals surface area contributed by atoms with E-state index in [9.17, 15) is 9.59 Å². The van der Waals surface area contributed by atoms with Gasteiger partial charge in [-0.1, -0.05) is 18.2 Å². The van der Waals surface area contributed by atoms with Crippen LogP contribution in [0.4, 0.5) is 4.79 Å². The highest BCUT2D eigenvalue weighted by molar-refractivity contribution is 5.95. The lowest BCUT2D eigenvalue weighted by Crippen LogP contribution is -2.47. The van der Waals surface area contributed by atoms with Gasteiger partial charge in [-0.25, -0.2) is 15.2 Å². The van der Waals surface area contributed by atoms with Gasteiger partial charge < -0.3 is 14.4 Å². The Bertz CT molecular complexity index is 1080. The Morgan fingerprint density at radius 3 is 2.50 bits per heavy atom. The summed E-state index contributed by atoms with van der Waals surface area (Å²) in [4.78, 5) is 28.3. The third kappa shape index (κ3) is 5.07. The summed E-state index contributed by atoms with van der Waals surface area (Å²) in [5.41, 5.74) is 6.22. The fourth-order valence-corrected chi connectivity index (χ4v) is 5.54. The zero-order valence-electron chi connectivity index (χ0n) is 20.7. The van der Waals surface area contributed by atoms with Crippen LogP contribution >= 0.6 is 0 Å². The number of hydrogen-bond donors (Lipinski definition) is 1. The van der Waals surface area contributed by atoms with Gasteiger partial charge in [0.2, 0.25) is 0 Å². The average molecular weight is 490 g/mol. The largest absolute Gasteiger partial charge is 0.490 e. The number of hydrazine groups is 1. The number of allylic oxidation sites excluding steroid dienone is 2. The van der Waals surface area contributed by atoms with Crippen LogP contribution in [0.5, 0.6) is 5.75 Å². The summed E-state index contributed by atoms with van der Waals surface area (Å²) in [6.07, 6.45) is 18.3. The predicted octanol–water partition coefficient (Wildman–Crippen LogP) is 5.26. The molecule has 0 spiro atoms. The molecule has 2 atom stereocenters. The molecule has 3 saturated carbocycles. The number of nitrogens with one attached hydrogen (secondary N) is 1. The highest BCUT2D eigenvalue weighted by Gasteiger charge is 2.42. The number of ether oxygens (including phenoxy) is 2. The lowest BCUT2D eigenvalue weighted by atomic mass is 9.86. The summed E-state index contributed by atoms with van der Waals surface area (Å²) in [7, 11) is 0. The van der Waals surface area contributed by atoms with Crippen molar-refractivity contribution in [3.8, 4) is 5.75 Å². The molecular weight excluding hydrogens is 454 g/mol. The van der Waals surface area contributed by atoms with Crippen molar-refractivity contribution < 1.29 is 19.1 Å². The fraction of sp³-hybridized carbons (Fsp3) is 0.517. The molecule has 7 nitrogen and oxygen atoms in total. The molecule has 7 heteroatoms. The Morgan fingerprint density at radius 2 is 1.81 bits per heavy atom. The number of carbonyl (C=O) groups is 2. The zero-order chi connectivity index (χ0) is 24.5. The molecule has 1 heterocycles. The minimum atomic E-state index is -0.382. The zero-order valence-corrected chi connectivity index (χ0v) is 20.7. The first kappa shape index (κ1) is 23.3. The highest BCUT2D eigenvalue weighted by atomic mass is 16.6. The first-order valence-corrected chi connectivity index (χ1v) is 13.5. The van der Waals surface area contributed by atoms with E-state index in [1.54, 1.807) is 0 Å². The van der Waals surface area contributed by atoms with Crippen molar-refractivity contribution in [3.63, 3.8) is 0 Å². The number of carbonyl (C=O) groups excluding carboxylic acids is 2. The van der Waals surface area contributed by atoms with E-state index in [-0.39, 0.29) is 24.1 Å². The van der Waals surface area contributed by atoms with Gasteiger partial charge >= 0.3 is 6.09 Å². The van der Waals surface area contributed by atoms with Crippen LogP contribution < -0.4 is 10.2 Å². The number of hydrogen-bond acceptors (Lipinski definition) is 5. The number of rotatable bonds is 7. The summed E-state index contributed by atoms with van der Waals surface area (Å²) < 4.78 is 11.5. The van der Waals surface area contributed by atoms with Crippen LogP contribution in [0.25, 0.3) is 0 Å². The molecule has 36 heavy (non-hydrogen) atoms. The average Bonchev–Trinajstić information content (AvgIpc) is 3.62. The van der Waals surface area contributed by atoms with E-state index in [1.807, 2.05) is 36.5 Å². The van der Waals surface area contributed by atoms with Gasteiger partial charge in [-0.15, -0.1) is 0 Å². The summed E-state index contributed by atoms with van der Waals surface area (Å²) in [5, 5.41) is 1.49. The lowest BCUT2D eigenvalue weighted by Gasteiger charge is -2.37. The van der Waals surface area contributed by atoms with Crippen molar-refractivity contribution in [2.45, 2.75) is 88.4 Å². The second-order valence-corrected chi connectivity index (χ2v) is 10.6. The van der Waals surface area contributed by atoms with Gasteiger partial charge in [0.1, 0.15) is 12.4 Å². The van der Waals surface area contributed by atoms with Crippen molar-refractivity contribution in [1.82, 2.24) is 15.3 Å². The molecule has 4 aliphatic carbocycles. The molecule has 2 unspecified atom stereocenters. The smallest absolute Gasteiger partial charge is 0.428 e. The van der Waals surface area contributed by atoms with Crippen LogP contribution in [-0.2, 0) is 4.74 Å². The van der Waals surface area contributed by atoms with E-state index < -0.39 is 0 Å². The predicted molar refractivity (Wildman–Crippen MR) is 136 cm³/mol. The van der Waals surface area contributed by atoms with Crippen molar-refractivity contribution in [2.24, 2.45) is 0 Å². The first-order valence-electron chi connectivity index (χ1n) is 13.5. The number of fused-ring (bicyclic) bond motifs is 1. The van der Waals surface area contributed by atoms with Crippen molar-refractivity contribution in [2.75, 3.05) is 6.61 Å². The Labute approximate surface area is 212 Å². The Kier molecular flexibility index (Phi) is 6.57. The molecule has 0 saturated heterocycles. The van der Waals surface area contributed by atoms with Crippen molar-refractivity contribution >= 4 is 12.0 Å². The van der Waals surface area contributed by atoms with E-state index in [2.05, 4.69) is 22.5 Å². The molecule has 3 fully saturated rings. The van der Waals surface area contributed by atoms with Gasteiger partial charge in [-0.3, -0.25) is 4.79 Å². The molecule has 6 rings (SSSR count). The molecule has 0 bridgehead atoms. The van der Waals surface area contributed by atoms with Gasteiger partial charge in [0.05, 0.1) is 6.10 Å². The number of amides is 2. The summed E-state index contributed by atoms with van der Waals surface area (Å²) in [6.45, 7) is 0.290. The molecule has 1 aromatic rings. The van der Waals surface area contributed by atoms with Crippen LogP contribution in [0.15, 0.2) is 59.8 Å². The van der Waals surface area contributed by atoms with Crippen LogP contribution in [0.3, 0.4) is 0 Å². The molecule has 190 valence electrons. The van der Waals surface area contributed by atoms with Gasteiger partial charge in [0, 0.05) is 29.9 Å². The van der Waals surface area contributed by atoms with E-state index in [4.69, 9.17) is 9.47 Å². The van der Waals surface area contributed by atoms with Gasteiger partial charge in [0.15, 0.2) is 0 Å². The van der Waals surface area contributed by atoms with Crippen LogP contribution in [0.1, 0.15) is 74.6 Å². The van der Waals surface area contributed by atoms with Crippen molar-refractivity contribution in [1.29, 1.82) is 0 Å². The second kappa shape index (κ2) is 10.1. The summed E-state index contributed by atoms with van der Waals surface area (Å²) >= 11 is 0. The van der Waals surface area contributed by atoms with Crippen LogP contribution in [-0.4, -0.2) is 52.7 Å². The maximum Gasteiger partial charge on any atom is 0.428 e. The van der Waals surface area contributed by atoms with Gasteiger partial charge in [-0.2, -0.15) is 0 Å². The molecule has 0 aromatic heterocycles. The molecule has 1 N–H and O–H groups in total. The summed E-state index contributed by atoms with van der Waals surface area (Å²) in [5.74, 6) is 0.951. The third-order valence-corrected chi connectivity index (χ3v) is 7.95. The Morgan fingerprint density at radius 1 is 1.00 bits per heavy atom. The first-order chi connectivity index (χ1) is 17.6. The maximum absolute atomic E-state index is 13.6. The second-order valence-electron chi connectivity index (χ2n) is 10.6. The Hall–Kier alpha value is -3.06. The SMILES string of the molecule is O=C(OCC1=CCCC=C1)N1C=C2CC(N(C(=O)c3ccc(OC4CCC4)cc3)C3CC3)CCC2N1. The number of benzene rings is 1. The van der Waals surface area contributed by atoms with Crippen molar-refractivity contribution in [3.05, 3.63) is 65.4 Å². The number of nitrogens with zero attached hydrogens (tertiary/aromatic N) is 2. The van der Waals surface area contributed by atoms with Gasteiger partial charge in [-0.05, 0) is 99.6 Å². The fourth-order valence-electron chi connectivity index (χ4n) is 5.54. The minimum Gasteiger partial charge on any atom is -0.490 e. The molecule has 0 radical (unpaired) electrons. The molecule has 1 aromatic carbocycles. The van der Waals surface area contributed by atoms with Gasteiger partial charge in [0.25, 0.3) is 5.91 Å². The molecule has 5 aliphatic rings. The maximum atomic E-state index is 13.6. The molecular formula is C29H35N3O4.